The molecule has 0 atom stereocenters. The zero-order valence-corrected chi connectivity index (χ0v) is 13.1. The second kappa shape index (κ2) is 8.46. The van der Waals surface area contributed by atoms with E-state index in [4.69, 9.17) is 17.7 Å². The zero-order valence-electron chi connectivity index (χ0n) is 10.1. The first kappa shape index (κ1) is 19.2. The molecule has 0 fully saturated rings. The van der Waals surface area contributed by atoms with Crippen LogP contribution in [0, 0.1) is 15.4 Å². The normalized spacial score (nSPS) is 10.9. The van der Waals surface area contributed by atoms with Gasteiger partial charge in [-0.2, -0.15) is 21.6 Å². The Labute approximate surface area is 128 Å². The van der Waals surface area contributed by atoms with Crippen molar-refractivity contribution in [1.29, 1.82) is 0 Å². The lowest BCUT2D eigenvalue weighted by Gasteiger charge is -1.97. The average Bonchev–Trinajstić information content (AvgIpc) is 2.27. The van der Waals surface area contributed by atoms with Crippen LogP contribution in [0.4, 0.5) is 13.2 Å². The molecule has 0 saturated heterocycles. The minimum Gasteiger partial charge on any atom is -0.372 e. The van der Waals surface area contributed by atoms with Gasteiger partial charge < -0.3 is 4.74 Å². The van der Waals surface area contributed by atoms with Crippen LogP contribution in [0.2, 0.25) is 0 Å². The van der Waals surface area contributed by atoms with E-state index in [-0.39, 0.29) is 0 Å². The fourth-order valence-corrected chi connectivity index (χ4v) is 1.32. The minimum absolute atomic E-state index is 0.492. The average molecular weight is 422 g/mol. The number of halogens is 4. The fraction of sp³-hybridized carbons (Fsp3) is 0.273. The summed E-state index contributed by atoms with van der Waals surface area (Å²) >= 11 is 2.27. The number of hydrogen-bond acceptors (Lipinski definition) is 3. The Balaban J connectivity index is 0.000000396. The van der Waals surface area contributed by atoms with Crippen molar-refractivity contribution < 1.29 is 30.9 Å². The molecule has 1 N–H and O–H groups in total. The molecule has 0 amide bonds. The molecule has 0 aromatic heterocycles. The van der Waals surface area contributed by atoms with Crippen molar-refractivity contribution in [3.63, 3.8) is 0 Å². The SMILES string of the molecule is COCC#Cc1cccc(I)c1.O=S(=O)(O)C(F)(F)F. The molecule has 0 radical (unpaired) electrons. The zero-order chi connectivity index (χ0) is 15.8. The highest BCUT2D eigenvalue weighted by atomic mass is 127. The van der Waals surface area contributed by atoms with Gasteiger partial charge in [0.05, 0.1) is 0 Å². The summed E-state index contributed by atoms with van der Waals surface area (Å²) in [4.78, 5) is 0. The topological polar surface area (TPSA) is 63.6 Å². The van der Waals surface area contributed by atoms with Crippen LogP contribution in [0.15, 0.2) is 24.3 Å². The smallest absolute Gasteiger partial charge is 0.372 e. The molecule has 1 aromatic rings. The van der Waals surface area contributed by atoms with E-state index in [9.17, 15) is 13.2 Å². The first-order chi connectivity index (χ1) is 9.08. The van der Waals surface area contributed by atoms with E-state index in [2.05, 4.69) is 34.4 Å². The highest BCUT2D eigenvalue weighted by Gasteiger charge is 2.44. The van der Waals surface area contributed by atoms with Gasteiger partial charge in [-0.25, -0.2) is 0 Å². The van der Waals surface area contributed by atoms with Crippen LogP contribution in [0.3, 0.4) is 0 Å². The van der Waals surface area contributed by atoms with Crippen molar-refractivity contribution >= 4 is 32.7 Å². The molecule has 0 unspecified atom stereocenters. The van der Waals surface area contributed by atoms with E-state index < -0.39 is 15.6 Å². The number of benzene rings is 1. The summed E-state index contributed by atoms with van der Waals surface area (Å²) in [5.41, 5.74) is -4.49. The molecule has 9 heteroatoms. The molecular weight excluding hydrogens is 412 g/mol. The summed E-state index contributed by atoms with van der Waals surface area (Å²) in [6.45, 7) is 0.492. The Kier molecular flexibility index (Phi) is 8.10. The predicted octanol–water partition coefficient (Wildman–Crippen LogP) is 2.68. The van der Waals surface area contributed by atoms with Gasteiger partial charge in [-0.15, -0.1) is 0 Å². The molecule has 0 heterocycles. The van der Waals surface area contributed by atoms with Crippen molar-refractivity contribution in [2.45, 2.75) is 5.51 Å². The summed E-state index contributed by atoms with van der Waals surface area (Å²) in [6, 6.07) is 8.08. The Bertz CT molecular complexity index is 588. The van der Waals surface area contributed by atoms with Gasteiger partial charge in [0, 0.05) is 16.2 Å². The van der Waals surface area contributed by atoms with Gasteiger partial charge in [-0.1, -0.05) is 17.9 Å². The van der Waals surface area contributed by atoms with Gasteiger partial charge in [-0.3, -0.25) is 4.55 Å². The van der Waals surface area contributed by atoms with Gasteiger partial charge in [0.1, 0.15) is 6.61 Å². The molecule has 4 nitrogen and oxygen atoms in total. The van der Waals surface area contributed by atoms with Crippen molar-refractivity contribution in [3.8, 4) is 11.8 Å². The van der Waals surface area contributed by atoms with Crippen molar-refractivity contribution in [3.05, 3.63) is 33.4 Å². The van der Waals surface area contributed by atoms with E-state index >= 15 is 0 Å². The standard InChI is InChI=1S/C10H9IO.CHF3O3S/c1-12-7-3-5-9-4-2-6-10(11)8-9;2-1(3,4)8(5,6)7/h2,4,6,8H,7H2,1H3;(H,5,6,7). The van der Waals surface area contributed by atoms with Crippen LogP contribution in [0.1, 0.15) is 5.56 Å². The lowest BCUT2D eigenvalue weighted by molar-refractivity contribution is -0.0510. The minimum atomic E-state index is -5.84. The number of rotatable bonds is 1. The van der Waals surface area contributed by atoms with Crippen molar-refractivity contribution in [2.24, 2.45) is 0 Å². The van der Waals surface area contributed by atoms with E-state index in [0.717, 1.165) is 5.56 Å². The molecule has 1 aromatic carbocycles. The third-order valence-corrected chi connectivity index (χ3v) is 2.82. The maximum absolute atomic E-state index is 10.7. The summed E-state index contributed by atoms with van der Waals surface area (Å²) in [5, 5.41) is 0. The maximum atomic E-state index is 10.7. The van der Waals surface area contributed by atoms with Gasteiger partial charge in [0.2, 0.25) is 0 Å². The second-order valence-electron chi connectivity index (χ2n) is 3.17. The second-order valence-corrected chi connectivity index (χ2v) is 5.82. The fourth-order valence-electron chi connectivity index (χ4n) is 0.777. The Morgan fingerprint density at radius 2 is 1.95 bits per heavy atom. The lowest BCUT2D eigenvalue weighted by Crippen LogP contribution is -2.21. The molecule has 0 spiro atoms. The monoisotopic (exact) mass is 422 g/mol. The first-order valence-corrected chi connectivity index (χ1v) is 7.37. The molecular formula is C11H10F3IO4S. The van der Waals surface area contributed by atoms with Crippen LogP contribution in [0.25, 0.3) is 0 Å². The summed E-state index contributed by atoms with van der Waals surface area (Å²) in [6.07, 6.45) is 0. The summed E-state index contributed by atoms with van der Waals surface area (Å²) in [5.74, 6) is 5.91. The predicted molar refractivity (Wildman–Crippen MR) is 75.5 cm³/mol. The number of ether oxygens (including phenoxy) is 1. The Hall–Kier alpha value is -0.830. The van der Waals surface area contributed by atoms with E-state index in [1.165, 1.54) is 3.57 Å². The Morgan fingerprint density at radius 1 is 1.40 bits per heavy atom. The van der Waals surface area contributed by atoms with Gasteiger partial charge in [0.25, 0.3) is 0 Å². The molecule has 0 saturated carbocycles. The van der Waals surface area contributed by atoms with Crippen LogP contribution < -0.4 is 0 Å². The third kappa shape index (κ3) is 8.36. The van der Waals surface area contributed by atoms with E-state index in [0.29, 0.717) is 6.61 Å². The number of hydrogen-bond donors (Lipinski definition) is 1. The van der Waals surface area contributed by atoms with Crippen molar-refractivity contribution in [1.82, 2.24) is 0 Å². The van der Waals surface area contributed by atoms with E-state index in [1.54, 1.807) is 7.11 Å². The number of alkyl halides is 3. The van der Waals surface area contributed by atoms with Gasteiger partial charge >= 0.3 is 15.6 Å². The molecule has 0 aliphatic carbocycles. The maximum Gasteiger partial charge on any atom is 0.522 e. The highest BCUT2D eigenvalue weighted by Crippen LogP contribution is 2.20. The summed E-state index contributed by atoms with van der Waals surface area (Å²) in [7, 11) is -4.20. The van der Waals surface area contributed by atoms with Crippen LogP contribution in [0.5, 0.6) is 0 Å². The van der Waals surface area contributed by atoms with Gasteiger partial charge in [0.15, 0.2) is 0 Å². The number of methoxy groups -OCH3 is 1. The molecule has 1 rings (SSSR count). The first-order valence-electron chi connectivity index (χ1n) is 4.85. The molecule has 0 bridgehead atoms. The highest BCUT2D eigenvalue weighted by molar-refractivity contribution is 14.1. The van der Waals surface area contributed by atoms with E-state index in [1.807, 2.05) is 24.3 Å². The largest absolute Gasteiger partial charge is 0.522 e. The lowest BCUT2D eigenvalue weighted by atomic mass is 10.2. The molecule has 0 aliphatic rings. The molecule has 0 aliphatic heterocycles. The van der Waals surface area contributed by atoms with Crippen LogP contribution in [-0.4, -0.2) is 32.2 Å². The van der Waals surface area contributed by atoms with Gasteiger partial charge in [-0.05, 0) is 40.8 Å². The Morgan fingerprint density at radius 3 is 2.35 bits per heavy atom. The third-order valence-electron chi connectivity index (χ3n) is 1.57. The van der Waals surface area contributed by atoms with Crippen molar-refractivity contribution in [2.75, 3.05) is 13.7 Å². The summed E-state index contributed by atoms with van der Waals surface area (Å²) < 4.78 is 63.6. The van der Waals surface area contributed by atoms with Crippen LogP contribution >= 0.6 is 22.6 Å². The molecule has 20 heavy (non-hydrogen) atoms. The quantitative estimate of drug-likeness (QED) is 0.327. The molecule has 112 valence electrons. The van der Waals surface area contributed by atoms with Crippen LogP contribution in [-0.2, 0) is 14.9 Å².